The van der Waals surface area contributed by atoms with Crippen molar-refractivity contribution in [1.82, 2.24) is 4.98 Å². The quantitative estimate of drug-likeness (QED) is 0.476. The molecule has 1 aromatic heterocycles. The lowest BCUT2D eigenvalue weighted by Crippen LogP contribution is -2.33. The maximum absolute atomic E-state index is 13.0. The van der Waals surface area contributed by atoms with Crippen molar-refractivity contribution in [3.63, 3.8) is 0 Å². The van der Waals surface area contributed by atoms with E-state index in [-0.39, 0.29) is 28.3 Å². The Morgan fingerprint density at radius 1 is 1.37 bits per heavy atom. The predicted molar refractivity (Wildman–Crippen MR) is 53.5 cm³/mol. The lowest BCUT2D eigenvalue weighted by molar-refractivity contribution is -0.757. The molecule has 0 amide bonds. The van der Waals surface area contributed by atoms with Crippen LogP contribution < -0.4 is 0 Å². The van der Waals surface area contributed by atoms with Gasteiger partial charge in [-0.15, -0.1) is 21.5 Å². The normalized spacial score (nSPS) is 12.5. The van der Waals surface area contributed by atoms with Crippen LogP contribution in [0.15, 0.2) is 0 Å². The van der Waals surface area contributed by atoms with E-state index in [1.165, 1.54) is 6.92 Å². The minimum Gasteiger partial charge on any atom is -0.314 e. The first-order valence-corrected chi connectivity index (χ1v) is 5.56. The van der Waals surface area contributed by atoms with E-state index < -0.39 is 28.8 Å². The lowest BCUT2D eigenvalue weighted by Gasteiger charge is -2.16. The van der Waals surface area contributed by atoms with Crippen molar-refractivity contribution in [1.29, 1.82) is 0 Å². The molecule has 108 valence electrons. The summed E-state index contributed by atoms with van der Waals surface area (Å²) in [5.41, 5.74) is -0.0316. The summed E-state index contributed by atoms with van der Waals surface area (Å²) in [7, 11) is 0. The molecule has 0 radical (unpaired) electrons. The molecule has 0 aliphatic carbocycles. The molecular formula is C8H7F5N2O3S. The minimum absolute atomic E-state index is 0.0316. The van der Waals surface area contributed by atoms with Gasteiger partial charge in [-0.05, 0) is 6.92 Å². The number of hydrogen-bond donors (Lipinski definition) is 0. The molecule has 0 aromatic carbocycles. The summed E-state index contributed by atoms with van der Waals surface area (Å²) in [6.45, 7) is 0.807. The molecule has 0 aliphatic rings. The fourth-order valence-electron chi connectivity index (χ4n) is 1.13. The maximum atomic E-state index is 13.0. The minimum atomic E-state index is -5.73. The van der Waals surface area contributed by atoms with Crippen LogP contribution in [0.2, 0.25) is 0 Å². The Labute approximate surface area is 107 Å². The zero-order chi connectivity index (χ0) is 14.8. The number of aryl methyl sites for hydroxylation is 1. The van der Waals surface area contributed by atoms with Crippen LogP contribution in [0.1, 0.15) is 15.6 Å². The van der Waals surface area contributed by atoms with Gasteiger partial charge in [-0.2, -0.15) is 22.0 Å². The van der Waals surface area contributed by atoms with E-state index in [4.69, 9.17) is 0 Å². The highest BCUT2D eigenvalue weighted by Crippen LogP contribution is 2.45. The zero-order valence-electron chi connectivity index (χ0n) is 9.33. The standard InChI is InChI=1S/C8H7F5N2O3S/c1-4-5(2-3-18-15(16)17)19-6(14-4)7(9,10)8(11,12)13/h2-3H2,1H3. The Morgan fingerprint density at radius 3 is 2.42 bits per heavy atom. The zero-order valence-corrected chi connectivity index (χ0v) is 10.1. The van der Waals surface area contributed by atoms with E-state index in [0.29, 0.717) is 0 Å². The van der Waals surface area contributed by atoms with Gasteiger partial charge in [0.25, 0.3) is 5.09 Å². The third-order valence-electron chi connectivity index (χ3n) is 2.04. The van der Waals surface area contributed by atoms with E-state index in [1.807, 2.05) is 0 Å². The van der Waals surface area contributed by atoms with Crippen LogP contribution in [0, 0.1) is 17.0 Å². The second kappa shape index (κ2) is 5.23. The summed E-state index contributed by atoms with van der Waals surface area (Å²) in [6, 6.07) is 0. The molecule has 1 heterocycles. The summed E-state index contributed by atoms with van der Waals surface area (Å²) in [5.74, 6) is -5.04. The van der Waals surface area contributed by atoms with Gasteiger partial charge in [0.15, 0.2) is 5.01 Å². The van der Waals surface area contributed by atoms with Gasteiger partial charge in [0.1, 0.15) is 6.61 Å². The van der Waals surface area contributed by atoms with Gasteiger partial charge in [-0.3, -0.25) is 0 Å². The molecule has 0 atom stereocenters. The molecular weight excluding hydrogens is 299 g/mol. The van der Waals surface area contributed by atoms with Crippen molar-refractivity contribution in [3.05, 3.63) is 25.7 Å². The van der Waals surface area contributed by atoms with Gasteiger partial charge in [-0.1, -0.05) is 0 Å². The second-order valence-corrected chi connectivity index (χ2v) is 4.49. The van der Waals surface area contributed by atoms with E-state index in [0.717, 1.165) is 0 Å². The van der Waals surface area contributed by atoms with E-state index >= 15 is 0 Å². The third kappa shape index (κ3) is 3.49. The average Bonchev–Trinajstić information content (AvgIpc) is 2.58. The van der Waals surface area contributed by atoms with Crippen LogP contribution in [0.5, 0.6) is 0 Å². The number of alkyl halides is 5. The lowest BCUT2D eigenvalue weighted by atomic mass is 10.3. The van der Waals surface area contributed by atoms with Crippen molar-refractivity contribution in [2.45, 2.75) is 25.4 Å². The monoisotopic (exact) mass is 306 g/mol. The summed E-state index contributed by atoms with van der Waals surface area (Å²) in [6.07, 6.45) is -5.90. The molecule has 0 spiro atoms. The van der Waals surface area contributed by atoms with Gasteiger partial charge in [-0.25, -0.2) is 4.98 Å². The fraction of sp³-hybridized carbons (Fsp3) is 0.625. The summed E-state index contributed by atoms with van der Waals surface area (Å²) < 4.78 is 62.3. The first kappa shape index (κ1) is 15.5. The highest BCUT2D eigenvalue weighted by molar-refractivity contribution is 7.11. The predicted octanol–water partition coefficient (Wildman–Crippen LogP) is 2.86. The van der Waals surface area contributed by atoms with Crippen LogP contribution >= 0.6 is 11.3 Å². The molecule has 11 heteroatoms. The maximum Gasteiger partial charge on any atom is 0.460 e. The summed E-state index contributed by atoms with van der Waals surface area (Å²) >= 11 is 0.161. The largest absolute Gasteiger partial charge is 0.460 e. The molecule has 0 bridgehead atoms. The molecule has 0 N–H and O–H groups in total. The number of thiazole rings is 1. The molecule has 0 saturated heterocycles. The smallest absolute Gasteiger partial charge is 0.314 e. The first-order chi connectivity index (χ1) is 8.55. The van der Waals surface area contributed by atoms with Crippen LogP contribution in [-0.2, 0) is 17.2 Å². The number of aromatic nitrogens is 1. The van der Waals surface area contributed by atoms with Crippen LogP contribution in [-0.4, -0.2) is 22.9 Å². The van der Waals surface area contributed by atoms with E-state index in [1.54, 1.807) is 0 Å². The Kier molecular flexibility index (Phi) is 4.28. The van der Waals surface area contributed by atoms with Gasteiger partial charge in [0, 0.05) is 11.3 Å². The Morgan fingerprint density at radius 2 is 1.95 bits per heavy atom. The Hall–Kier alpha value is -1.52. The summed E-state index contributed by atoms with van der Waals surface area (Å²) in [4.78, 5) is 17.1. The summed E-state index contributed by atoms with van der Waals surface area (Å²) in [5, 5.41) is 7.41. The third-order valence-corrected chi connectivity index (χ3v) is 3.33. The molecule has 0 saturated carbocycles. The van der Waals surface area contributed by atoms with Gasteiger partial charge < -0.3 is 4.84 Å². The Bertz CT molecular complexity index is 473. The number of nitrogens with zero attached hydrogens (tertiary/aromatic N) is 2. The molecule has 0 fully saturated rings. The average molecular weight is 306 g/mol. The number of halogens is 5. The van der Waals surface area contributed by atoms with Crippen molar-refractivity contribution in [3.8, 4) is 0 Å². The molecule has 0 unspecified atom stereocenters. The molecule has 5 nitrogen and oxygen atoms in total. The van der Waals surface area contributed by atoms with Gasteiger partial charge >= 0.3 is 12.1 Å². The topological polar surface area (TPSA) is 65.3 Å². The van der Waals surface area contributed by atoms with Crippen molar-refractivity contribution in [2.75, 3.05) is 6.61 Å². The second-order valence-electron chi connectivity index (χ2n) is 3.41. The van der Waals surface area contributed by atoms with Crippen LogP contribution in [0.4, 0.5) is 22.0 Å². The highest BCUT2D eigenvalue weighted by atomic mass is 32.1. The van der Waals surface area contributed by atoms with E-state index in [9.17, 15) is 32.1 Å². The Balaban J connectivity index is 2.87. The number of rotatable bonds is 5. The first-order valence-electron chi connectivity index (χ1n) is 4.74. The van der Waals surface area contributed by atoms with Gasteiger partial charge in [0.05, 0.1) is 5.69 Å². The van der Waals surface area contributed by atoms with Crippen LogP contribution in [0.25, 0.3) is 0 Å². The fourth-order valence-corrected chi connectivity index (χ4v) is 2.17. The molecule has 1 rings (SSSR count). The van der Waals surface area contributed by atoms with Gasteiger partial charge in [0.2, 0.25) is 0 Å². The highest BCUT2D eigenvalue weighted by Gasteiger charge is 2.61. The van der Waals surface area contributed by atoms with Crippen molar-refractivity contribution < 1.29 is 31.9 Å². The van der Waals surface area contributed by atoms with Crippen LogP contribution in [0.3, 0.4) is 0 Å². The van der Waals surface area contributed by atoms with E-state index in [2.05, 4.69) is 9.82 Å². The molecule has 0 aliphatic heterocycles. The van der Waals surface area contributed by atoms with Crippen molar-refractivity contribution >= 4 is 11.3 Å². The molecule has 1 aromatic rings. The SMILES string of the molecule is Cc1nc(C(F)(F)C(F)(F)F)sc1CCO[N+](=O)[O-]. The molecule has 19 heavy (non-hydrogen) atoms. The number of hydrogen-bond acceptors (Lipinski definition) is 5. The van der Waals surface area contributed by atoms with Crippen molar-refractivity contribution in [2.24, 2.45) is 0 Å².